The van der Waals surface area contributed by atoms with Gasteiger partial charge in [0, 0.05) is 28.8 Å². The Morgan fingerprint density at radius 2 is 1.09 bits per heavy atom. The van der Waals surface area contributed by atoms with Crippen molar-refractivity contribution in [3.8, 4) is 28.5 Å². The van der Waals surface area contributed by atoms with Gasteiger partial charge in [-0.2, -0.15) is 5.26 Å². The maximum atomic E-state index is 13.7. The van der Waals surface area contributed by atoms with Gasteiger partial charge in [-0.1, -0.05) is 133 Å². The molecule has 6 aromatic rings. The van der Waals surface area contributed by atoms with Crippen LogP contribution in [0, 0.1) is 11.3 Å². The van der Waals surface area contributed by atoms with Gasteiger partial charge in [-0.15, -0.1) is 0 Å². The van der Waals surface area contributed by atoms with Crippen LogP contribution in [-0.4, -0.2) is 16.3 Å². The molecule has 0 aliphatic carbocycles. The summed E-state index contributed by atoms with van der Waals surface area (Å²) in [6.45, 7) is 0.437. The summed E-state index contributed by atoms with van der Waals surface area (Å²) in [6, 6.07) is 47.7. The van der Waals surface area contributed by atoms with Crippen molar-refractivity contribution in [1.29, 1.82) is 5.26 Å². The molecular formula is C38H27N3O2. The average Bonchev–Trinajstić information content (AvgIpc) is 3.38. The lowest BCUT2D eigenvalue weighted by atomic mass is 9.98. The van der Waals surface area contributed by atoms with E-state index in [1.807, 2.05) is 114 Å². The highest BCUT2D eigenvalue weighted by Gasteiger charge is 2.27. The summed E-state index contributed by atoms with van der Waals surface area (Å²) >= 11 is 0. The lowest BCUT2D eigenvalue weighted by molar-refractivity contribution is 0.101. The van der Waals surface area contributed by atoms with Crippen LogP contribution in [0.5, 0.6) is 0 Å². The van der Waals surface area contributed by atoms with E-state index in [1.165, 1.54) is 0 Å². The molecule has 5 aromatic carbocycles. The van der Waals surface area contributed by atoms with Gasteiger partial charge in [0.15, 0.2) is 5.78 Å². The highest BCUT2D eigenvalue weighted by Crippen LogP contribution is 2.42. The summed E-state index contributed by atoms with van der Waals surface area (Å²) in [5.74, 6) is -0.0733. The van der Waals surface area contributed by atoms with E-state index in [0.29, 0.717) is 34.6 Å². The highest BCUT2D eigenvalue weighted by molar-refractivity contribution is 6.10. The number of hydrogen-bond acceptors (Lipinski definition) is 3. The second kappa shape index (κ2) is 12.3. The molecule has 1 amide bonds. The van der Waals surface area contributed by atoms with Gasteiger partial charge in [0.25, 0.3) is 5.91 Å². The van der Waals surface area contributed by atoms with Crippen LogP contribution in [0.3, 0.4) is 0 Å². The van der Waals surface area contributed by atoms with E-state index >= 15 is 0 Å². The molecule has 0 fully saturated rings. The third kappa shape index (κ3) is 5.63. The fraction of sp³-hybridized carbons (Fsp3) is 0.0263. The molecule has 0 saturated heterocycles. The molecule has 43 heavy (non-hydrogen) atoms. The van der Waals surface area contributed by atoms with Gasteiger partial charge in [0.2, 0.25) is 0 Å². The fourth-order valence-corrected chi connectivity index (χ4v) is 5.27. The molecule has 0 atom stereocenters. The van der Waals surface area contributed by atoms with Crippen molar-refractivity contribution in [2.24, 2.45) is 0 Å². The van der Waals surface area contributed by atoms with E-state index in [4.69, 9.17) is 0 Å². The Hall–Kier alpha value is -5.99. The number of ketones is 1. The molecule has 0 aliphatic heterocycles. The maximum absolute atomic E-state index is 13.7. The zero-order valence-electron chi connectivity index (χ0n) is 23.3. The number of benzene rings is 5. The molecule has 206 valence electrons. The SMILES string of the molecule is N#Cc1c(-c2ccccc2)c(-c2ccccc2)n(Cc2ccccc2)c1NC(=O)c1ccc(C(=O)c2ccccc2)cc1. The Morgan fingerprint density at radius 1 is 0.605 bits per heavy atom. The fourth-order valence-electron chi connectivity index (χ4n) is 5.27. The van der Waals surface area contributed by atoms with E-state index in [1.54, 1.807) is 36.4 Å². The Morgan fingerprint density at radius 3 is 1.67 bits per heavy atom. The standard InChI is InChI=1S/C38H27N3O2/c39-25-33-34(28-15-7-2-8-16-28)35(29-17-9-3-10-18-29)41(26-27-13-5-1-6-14-27)37(33)40-38(43)32-23-21-31(22-24-32)36(42)30-19-11-4-12-20-30/h1-24H,26H2,(H,40,43). The summed E-state index contributed by atoms with van der Waals surface area (Å²) in [6.07, 6.45) is 0. The molecule has 5 heteroatoms. The van der Waals surface area contributed by atoms with Crippen LogP contribution in [0.25, 0.3) is 22.4 Å². The predicted molar refractivity (Wildman–Crippen MR) is 170 cm³/mol. The van der Waals surface area contributed by atoms with Crippen LogP contribution in [0.1, 0.15) is 37.4 Å². The number of rotatable bonds is 8. The molecule has 6 rings (SSSR count). The van der Waals surface area contributed by atoms with E-state index in [-0.39, 0.29) is 11.7 Å². The molecule has 1 aromatic heterocycles. The lowest BCUT2D eigenvalue weighted by Crippen LogP contribution is -2.17. The van der Waals surface area contributed by atoms with Gasteiger partial charge in [0.1, 0.15) is 17.5 Å². The largest absolute Gasteiger partial charge is 0.321 e. The highest BCUT2D eigenvalue weighted by atomic mass is 16.1. The molecule has 1 N–H and O–H groups in total. The summed E-state index contributed by atoms with van der Waals surface area (Å²) in [5.41, 5.74) is 6.26. The third-order valence-electron chi connectivity index (χ3n) is 7.35. The Bertz CT molecular complexity index is 1920. The van der Waals surface area contributed by atoms with Crippen LogP contribution in [0.4, 0.5) is 5.82 Å². The molecule has 1 heterocycles. The molecule has 0 aliphatic rings. The first-order valence-corrected chi connectivity index (χ1v) is 14.0. The smallest absolute Gasteiger partial charge is 0.256 e. The number of nitriles is 1. The molecule has 0 saturated carbocycles. The van der Waals surface area contributed by atoms with Crippen LogP contribution in [-0.2, 0) is 6.54 Å². The second-order valence-corrected chi connectivity index (χ2v) is 10.1. The van der Waals surface area contributed by atoms with Crippen LogP contribution >= 0.6 is 0 Å². The summed E-state index contributed by atoms with van der Waals surface area (Å²) in [7, 11) is 0. The molecule has 0 unspecified atom stereocenters. The van der Waals surface area contributed by atoms with Crippen LogP contribution in [0.15, 0.2) is 146 Å². The van der Waals surface area contributed by atoms with Crippen molar-refractivity contribution in [3.63, 3.8) is 0 Å². The first kappa shape index (κ1) is 27.2. The zero-order valence-corrected chi connectivity index (χ0v) is 23.3. The van der Waals surface area contributed by atoms with E-state index < -0.39 is 0 Å². The Kier molecular flexibility index (Phi) is 7.75. The van der Waals surface area contributed by atoms with Gasteiger partial charge in [-0.3, -0.25) is 9.59 Å². The number of carbonyl (C=O) groups is 2. The second-order valence-electron chi connectivity index (χ2n) is 10.1. The monoisotopic (exact) mass is 557 g/mol. The van der Waals surface area contributed by atoms with Crippen molar-refractivity contribution in [2.45, 2.75) is 6.54 Å². The molecule has 0 bridgehead atoms. The summed E-state index contributed by atoms with van der Waals surface area (Å²) in [5, 5.41) is 13.6. The lowest BCUT2D eigenvalue weighted by Gasteiger charge is -2.16. The number of carbonyl (C=O) groups excluding carboxylic acids is 2. The average molecular weight is 558 g/mol. The van der Waals surface area contributed by atoms with Crippen molar-refractivity contribution in [1.82, 2.24) is 4.57 Å². The topological polar surface area (TPSA) is 74.9 Å². The van der Waals surface area contributed by atoms with Crippen molar-refractivity contribution in [2.75, 3.05) is 5.32 Å². The quantitative estimate of drug-likeness (QED) is 0.192. The first-order chi connectivity index (χ1) is 21.1. The number of hydrogen-bond donors (Lipinski definition) is 1. The zero-order chi connectivity index (χ0) is 29.6. The van der Waals surface area contributed by atoms with Crippen molar-refractivity contribution in [3.05, 3.63) is 173 Å². The number of nitrogens with one attached hydrogen (secondary N) is 1. The predicted octanol–water partition coefficient (Wildman–Crippen LogP) is 8.23. The minimum atomic E-state index is -0.374. The maximum Gasteiger partial charge on any atom is 0.256 e. The third-order valence-corrected chi connectivity index (χ3v) is 7.35. The number of aromatic nitrogens is 1. The van der Waals surface area contributed by atoms with Crippen molar-refractivity contribution < 1.29 is 9.59 Å². The van der Waals surface area contributed by atoms with Gasteiger partial charge in [-0.25, -0.2) is 0 Å². The molecular weight excluding hydrogens is 530 g/mol. The van der Waals surface area contributed by atoms with Crippen molar-refractivity contribution >= 4 is 17.5 Å². The summed E-state index contributed by atoms with van der Waals surface area (Å²) < 4.78 is 2.01. The number of nitrogens with zero attached hydrogens (tertiary/aromatic N) is 2. The minimum absolute atomic E-state index is 0.115. The van der Waals surface area contributed by atoms with Gasteiger partial charge < -0.3 is 9.88 Å². The number of anilines is 1. The number of amides is 1. The Balaban J connectivity index is 1.46. The van der Waals surface area contributed by atoms with E-state index in [9.17, 15) is 14.9 Å². The van der Waals surface area contributed by atoms with Gasteiger partial charge >= 0.3 is 0 Å². The van der Waals surface area contributed by atoms with Gasteiger partial charge in [0.05, 0.1) is 5.69 Å². The summed E-state index contributed by atoms with van der Waals surface area (Å²) in [4.78, 5) is 26.6. The normalized spacial score (nSPS) is 10.6. The van der Waals surface area contributed by atoms with Crippen LogP contribution in [0.2, 0.25) is 0 Å². The molecule has 0 spiro atoms. The molecule has 0 radical (unpaired) electrons. The van der Waals surface area contributed by atoms with E-state index in [2.05, 4.69) is 11.4 Å². The Labute approximate surface area is 250 Å². The minimum Gasteiger partial charge on any atom is -0.321 e. The van der Waals surface area contributed by atoms with E-state index in [0.717, 1.165) is 27.9 Å². The van der Waals surface area contributed by atoms with Gasteiger partial charge in [-0.05, 0) is 28.8 Å². The van der Waals surface area contributed by atoms with Crippen LogP contribution < -0.4 is 5.32 Å². The molecule has 5 nitrogen and oxygen atoms in total. The first-order valence-electron chi connectivity index (χ1n) is 14.0.